The average Bonchev–Trinajstić information content (AvgIpc) is 2.58. The molecule has 1 aromatic heterocycles. The maximum atomic E-state index is 11.3. The zero-order valence-corrected chi connectivity index (χ0v) is 8.87. The number of pyridine rings is 1. The van der Waals surface area contributed by atoms with Gasteiger partial charge >= 0.3 is 0 Å². The van der Waals surface area contributed by atoms with Gasteiger partial charge in [-0.15, -0.1) is 0 Å². The number of hydrogen-bond acceptors (Lipinski definition) is 4. The van der Waals surface area contributed by atoms with Gasteiger partial charge in [-0.1, -0.05) is 11.8 Å². The van der Waals surface area contributed by atoms with Crippen molar-refractivity contribution < 1.29 is 9.59 Å². The van der Waals surface area contributed by atoms with E-state index in [-0.39, 0.29) is 16.9 Å². The van der Waals surface area contributed by atoms with Crippen molar-refractivity contribution in [3.05, 3.63) is 30.1 Å². The summed E-state index contributed by atoms with van der Waals surface area (Å²) >= 11 is 1.07. The topological polar surface area (TPSA) is 50.3 Å². The van der Waals surface area contributed by atoms with Crippen LogP contribution in [0.4, 0.5) is 4.79 Å². The highest BCUT2D eigenvalue weighted by Gasteiger charge is 2.29. The van der Waals surface area contributed by atoms with Crippen molar-refractivity contribution in [2.75, 3.05) is 12.3 Å². The second-order valence-corrected chi connectivity index (χ2v) is 4.13. The molecule has 2 amide bonds. The van der Waals surface area contributed by atoms with E-state index in [1.54, 1.807) is 12.4 Å². The Bertz CT molecular complexity index is 364. The zero-order chi connectivity index (χ0) is 10.7. The van der Waals surface area contributed by atoms with E-state index in [9.17, 15) is 9.59 Å². The van der Waals surface area contributed by atoms with Crippen LogP contribution in [0.25, 0.3) is 0 Å². The smallest absolute Gasteiger partial charge is 0.273 e. The first-order chi connectivity index (χ1) is 7.27. The summed E-state index contributed by atoms with van der Waals surface area (Å²) in [4.78, 5) is 27.8. The third-order valence-electron chi connectivity index (χ3n) is 2.21. The maximum absolute atomic E-state index is 11.3. The fraction of sp³-hybridized carbons (Fsp3) is 0.300. The predicted molar refractivity (Wildman–Crippen MR) is 57.5 cm³/mol. The third-order valence-corrected chi connectivity index (χ3v) is 3.07. The number of carbonyl (C=O) groups is 2. The van der Waals surface area contributed by atoms with Crippen LogP contribution < -0.4 is 0 Å². The number of hydrogen-bond donors (Lipinski definition) is 0. The van der Waals surface area contributed by atoms with Gasteiger partial charge in [0.1, 0.15) is 0 Å². The number of carbonyl (C=O) groups excluding carboxylic acids is 2. The third kappa shape index (κ3) is 2.36. The van der Waals surface area contributed by atoms with Crippen LogP contribution in [0.5, 0.6) is 0 Å². The molecular formula is C10H10N2O2S. The molecule has 0 unspecified atom stereocenters. The van der Waals surface area contributed by atoms with Crippen molar-refractivity contribution in [2.45, 2.75) is 6.42 Å². The van der Waals surface area contributed by atoms with Gasteiger partial charge in [0.05, 0.1) is 5.75 Å². The fourth-order valence-electron chi connectivity index (χ4n) is 1.39. The molecule has 1 saturated heterocycles. The van der Waals surface area contributed by atoms with Crippen LogP contribution in [0.3, 0.4) is 0 Å². The Balaban J connectivity index is 1.93. The van der Waals surface area contributed by atoms with Crippen molar-refractivity contribution in [3.8, 4) is 0 Å². The average molecular weight is 222 g/mol. The van der Waals surface area contributed by atoms with Crippen molar-refractivity contribution in [1.29, 1.82) is 0 Å². The first kappa shape index (κ1) is 10.2. The Kier molecular flexibility index (Phi) is 3.01. The Labute approximate surface area is 91.7 Å². The number of aromatic nitrogens is 1. The summed E-state index contributed by atoms with van der Waals surface area (Å²) in [5.74, 6) is 0.203. The lowest BCUT2D eigenvalue weighted by atomic mass is 10.2. The van der Waals surface area contributed by atoms with E-state index in [1.165, 1.54) is 4.90 Å². The van der Waals surface area contributed by atoms with Crippen LogP contribution in [-0.4, -0.2) is 33.3 Å². The van der Waals surface area contributed by atoms with Crippen LogP contribution in [0.15, 0.2) is 24.5 Å². The van der Waals surface area contributed by atoms with E-state index in [1.807, 2.05) is 12.1 Å². The molecule has 0 atom stereocenters. The molecule has 2 rings (SSSR count). The maximum Gasteiger partial charge on any atom is 0.288 e. The largest absolute Gasteiger partial charge is 0.288 e. The van der Waals surface area contributed by atoms with E-state index in [2.05, 4.69) is 4.98 Å². The summed E-state index contributed by atoms with van der Waals surface area (Å²) in [7, 11) is 0. The molecule has 4 nitrogen and oxygen atoms in total. The van der Waals surface area contributed by atoms with Gasteiger partial charge in [-0.3, -0.25) is 19.5 Å². The minimum absolute atomic E-state index is 0.0842. The van der Waals surface area contributed by atoms with E-state index in [4.69, 9.17) is 0 Å². The second-order valence-electron chi connectivity index (χ2n) is 3.21. The molecule has 0 N–H and O–H groups in total. The summed E-state index contributed by atoms with van der Waals surface area (Å²) in [6.07, 6.45) is 4.11. The normalized spacial score (nSPS) is 16.1. The van der Waals surface area contributed by atoms with Gasteiger partial charge in [0, 0.05) is 18.9 Å². The molecule has 1 aliphatic rings. The minimum Gasteiger partial charge on any atom is -0.273 e. The standard InChI is InChI=1S/C10H10N2O2S/c13-9-7-15-10(14)12(9)6-3-8-1-4-11-5-2-8/h1-2,4-5H,3,6-7H2. The van der Waals surface area contributed by atoms with Gasteiger partial charge in [0.15, 0.2) is 0 Å². The van der Waals surface area contributed by atoms with Crippen LogP contribution in [-0.2, 0) is 11.2 Å². The number of rotatable bonds is 3. The van der Waals surface area contributed by atoms with Crippen LogP contribution in [0.1, 0.15) is 5.56 Å². The van der Waals surface area contributed by atoms with Gasteiger partial charge in [-0.25, -0.2) is 0 Å². The Morgan fingerprint density at radius 2 is 2.07 bits per heavy atom. The van der Waals surface area contributed by atoms with Crippen LogP contribution in [0, 0.1) is 0 Å². The van der Waals surface area contributed by atoms with Crippen molar-refractivity contribution >= 4 is 22.9 Å². The number of amides is 2. The van der Waals surface area contributed by atoms with Crippen molar-refractivity contribution in [2.24, 2.45) is 0 Å². The molecule has 0 aliphatic carbocycles. The monoisotopic (exact) mass is 222 g/mol. The Morgan fingerprint density at radius 1 is 1.33 bits per heavy atom. The van der Waals surface area contributed by atoms with E-state index in [0.717, 1.165) is 17.3 Å². The van der Waals surface area contributed by atoms with E-state index in [0.29, 0.717) is 13.0 Å². The van der Waals surface area contributed by atoms with E-state index >= 15 is 0 Å². The molecule has 0 spiro atoms. The molecule has 1 aliphatic heterocycles. The van der Waals surface area contributed by atoms with Crippen LogP contribution >= 0.6 is 11.8 Å². The summed E-state index contributed by atoms with van der Waals surface area (Å²) in [6, 6.07) is 3.77. The predicted octanol–water partition coefficient (Wildman–Crippen LogP) is 1.32. The van der Waals surface area contributed by atoms with Gasteiger partial charge in [0.25, 0.3) is 5.24 Å². The molecule has 1 aromatic rings. The lowest BCUT2D eigenvalue weighted by molar-refractivity contribution is -0.124. The molecule has 0 radical (unpaired) electrons. The fourth-order valence-corrected chi connectivity index (χ4v) is 2.14. The van der Waals surface area contributed by atoms with Crippen molar-refractivity contribution in [1.82, 2.24) is 9.88 Å². The van der Waals surface area contributed by atoms with Gasteiger partial charge in [-0.2, -0.15) is 0 Å². The summed E-state index contributed by atoms with van der Waals surface area (Å²) in [5.41, 5.74) is 1.09. The first-order valence-electron chi connectivity index (χ1n) is 4.63. The van der Waals surface area contributed by atoms with Gasteiger partial charge < -0.3 is 0 Å². The van der Waals surface area contributed by atoms with Gasteiger partial charge in [-0.05, 0) is 24.1 Å². The molecule has 0 saturated carbocycles. The Morgan fingerprint density at radius 3 is 2.67 bits per heavy atom. The lowest BCUT2D eigenvalue weighted by Gasteiger charge is -2.11. The second kappa shape index (κ2) is 4.44. The minimum atomic E-state index is -0.131. The molecule has 5 heteroatoms. The van der Waals surface area contributed by atoms with Gasteiger partial charge in [0.2, 0.25) is 5.91 Å². The quantitative estimate of drug-likeness (QED) is 0.774. The summed E-state index contributed by atoms with van der Waals surface area (Å²) < 4.78 is 0. The molecule has 0 aromatic carbocycles. The SMILES string of the molecule is O=C1CSC(=O)N1CCc1ccncc1. The zero-order valence-electron chi connectivity index (χ0n) is 8.05. The van der Waals surface area contributed by atoms with Crippen LogP contribution in [0.2, 0.25) is 0 Å². The summed E-state index contributed by atoms with van der Waals surface area (Å²) in [5, 5.41) is -0.131. The highest BCUT2D eigenvalue weighted by Crippen LogP contribution is 2.18. The van der Waals surface area contributed by atoms with E-state index < -0.39 is 0 Å². The van der Waals surface area contributed by atoms with Crippen molar-refractivity contribution in [3.63, 3.8) is 0 Å². The molecule has 0 bridgehead atoms. The molecule has 15 heavy (non-hydrogen) atoms. The first-order valence-corrected chi connectivity index (χ1v) is 5.62. The molecular weight excluding hydrogens is 212 g/mol. The lowest BCUT2D eigenvalue weighted by Crippen LogP contribution is -2.30. The molecule has 1 fully saturated rings. The summed E-state index contributed by atoms with van der Waals surface area (Å²) in [6.45, 7) is 0.467. The number of nitrogens with zero attached hydrogens (tertiary/aromatic N) is 2. The highest BCUT2D eigenvalue weighted by molar-refractivity contribution is 8.14. The highest BCUT2D eigenvalue weighted by atomic mass is 32.2. The number of thioether (sulfide) groups is 1. The molecule has 2 heterocycles. The molecule has 78 valence electrons. The Hall–Kier alpha value is -1.36. The number of imide groups is 1.